The molecule has 3 heterocycles. The number of primary amides is 2. The fourth-order valence-corrected chi connectivity index (χ4v) is 9.16. The van der Waals surface area contributed by atoms with Gasteiger partial charge in [0.25, 0.3) is 0 Å². The second kappa shape index (κ2) is 18.7. The fraction of sp³-hybridized carbons (Fsp3) is 0.404. The number of carbonyl (C=O) groups excluding carboxylic acids is 6. The van der Waals surface area contributed by atoms with Crippen LogP contribution in [0.1, 0.15) is 70.1 Å². The van der Waals surface area contributed by atoms with Gasteiger partial charge in [0.05, 0.1) is 31.2 Å². The molecule has 0 spiro atoms. The number of alkyl halides is 3. The van der Waals surface area contributed by atoms with Crippen molar-refractivity contribution in [2.24, 2.45) is 23.3 Å². The second-order valence-electron chi connectivity index (χ2n) is 17.0. The van der Waals surface area contributed by atoms with E-state index in [0.29, 0.717) is 52.2 Å². The summed E-state index contributed by atoms with van der Waals surface area (Å²) < 4.78 is 52.5. The topological polar surface area (TPSA) is 208 Å². The van der Waals surface area contributed by atoms with Crippen LogP contribution in [0.2, 0.25) is 0 Å². The molecule has 4 atom stereocenters. The van der Waals surface area contributed by atoms with Crippen LogP contribution in [0, 0.1) is 11.8 Å². The first-order valence-corrected chi connectivity index (χ1v) is 21.3. The number of aromatic nitrogens is 1. The van der Waals surface area contributed by atoms with Crippen LogP contribution in [0.4, 0.5) is 22.8 Å². The van der Waals surface area contributed by atoms with Crippen LogP contribution in [0.15, 0.2) is 84.9 Å². The number of nitrogens with one attached hydrogen (secondary N) is 2. The number of ether oxygens (including phenoxy) is 2. The smallest absolute Gasteiger partial charge is 0.416 e. The third-order valence-corrected chi connectivity index (χ3v) is 12.5. The number of alkyl carbamates (subject to hydrolysis) is 2. The molecule has 2 aliphatic heterocycles. The molecular formula is C47H54F3N7O8. The van der Waals surface area contributed by atoms with Gasteiger partial charge in [-0.25, -0.2) is 9.59 Å². The van der Waals surface area contributed by atoms with Crippen LogP contribution < -0.4 is 22.1 Å². The summed E-state index contributed by atoms with van der Waals surface area (Å²) in [6, 6.07) is 19.9. The molecule has 2 aliphatic rings. The first-order valence-electron chi connectivity index (χ1n) is 21.3. The molecule has 4 aromatic rings. The third kappa shape index (κ3) is 8.85. The van der Waals surface area contributed by atoms with Gasteiger partial charge in [0.15, 0.2) is 0 Å². The monoisotopic (exact) mass is 901 g/mol. The van der Waals surface area contributed by atoms with Gasteiger partial charge in [0.2, 0.25) is 23.6 Å². The highest BCUT2D eigenvalue weighted by molar-refractivity contribution is 5.96. The molecule has 15 nitrogen and oxygen atoms in total. The molecule has 6 amide bonds. The van der Waals surface area contributed by atoms with E-state index in [-0.39, 0.29) is 37.8 Å². The van der Waals surface area contributed by atoms with E-state index < -0.39 is 70.7 Å². The molecule has 6 N–H and O–H groups in total. The molecule has 1 aromatic heterocycles. The number of rotatable bonds is 13. The SMILES string of the molecule is COC(=O)N[C@H](C(=O)N1CCC[C@@]1(C(N)=O)c1ccc(-c2ccc(-c3ccc([C@]4(C(N)=O)CCCN4C(=O)[C@@H](NC(=O)OC)C(C)C)cc3)n2-c2ccc(C(F)(F)F)cc2)cc1)C(C)C. The quantitative estimate of drug-likeness (QED) is 0.121. The van der Waals surface area contributed by atoms with Crippen molar-refractivity contribution in [3.8, 4) is 28.2 Å². The molecule has 0 unspecified atom stereocenters. The molecule has 2 fully saturated rings. The van der Waals surface area contributed by atoms with Crippen LogP contribution in [0.25, 0.3) is 28.2 Å². The van der Waals surface area contributed by atoms with E-state index in [9.17, 15) is 41.9 Å². The number of carbonyl (C=O) groups is 6. The zero-order valence-corrected chi connectivity index (χ0v) is 37.0. The van der Waals surface area contributed by atoms with Gasteiger partial charge >= 0.3 is 18.4 Å². The van der Waals surface area contributed by atoms with Gasteiger partial charge in [-0.1, -0.05) is 76.2 Å². The van der Waals surface area contributed by atoms with Gasteiger partial charge < -0.3 is 45.9 Å². The van der Waals surface area contributed by atoms with Crippen LogP contribution in [0.5, 0.6) is 0 Å². The van der Waals surface area contributed by atoms with Crippen LogP contribution in [-0.2, 0) is 45.9 Å². The second-order valence-corrected chi connectivity index (χ2v) is 17.0. The summed E-state index contributed by atoms with van der Waals surface area (Å²) in [4.78, 5) is 82.2. The van der Waals surface area contributed by atoms with E-state index in [1.807, 2.05) is 0 Å². The number of amides is 6. The lowest BCUT2D eigenvalue weighted by Gasteiger charge is -2.39. The largest absolute Gasteiger partial charge is 0.453 e. The lowest BCUT2D eigenvalue weighted by molar-refractivity contribution is -0.146. The minimum absolute atomic E-state index is 0.203. The highest BCUT2D eigenvalue weighted by atomic mass is 19.4. The summed E-state index contributed by atoms with van der Waals surface area (Å²) in [6.07, 6.45) is -4.82. The van der Waals surface area contributed by atoms with E-state index in [1.165, 1.54) is 36.2 Å². The number of hydrogen-bond acceptors (Lipinski definition) is 8. The number of likely N-dealkylation sites (tertiary alicyclic amines) is 2. The number of methoxy groups -OCH3 is 2. The summed E-state index contributed by atoms with van der Waals surface area (Å²) in [5.41, 5.74) is 11.9. The Bertz CT molecular complexity index is 2300. The van der Waals surface area contributed by atoms with Crippen molar-refractivity contribution in [3.63, 3.8) is 0 Å². The number of halogens is 3. The normalized spacial score (nSPS) is 19.5. The van der Waals surface area contributed by atoms with Crippen molar-refractivity contribution >= 4 is 35.8 Å². The number of benzene rings is 3. The Morgan fingerprint density at radius 1 is 0.600 bits per heavy atom. The Kier molecular flexibility index (Phi) is 13.7. The Labute approximate surface area is 374 Å². The van der Waals surface area contributed by atoms with E-state index in [0.717, 1.165) is 12.1 Å². The molecule has 0 bridgehead atoms. The maximum atomic E-state index is 14.1. The highest BCUT2D eigenvalue weighted by Gasteiger charge is 2.53. The average Bonchev–Trinajstić information content (AvgIpc) is 4.05. The van der Waals surface area contributed by atoms with Crippen molar-refractivity contribution in [1.29, 1.82) is 0 Å². The summed E-state index contributed by atoms with van der Waals surface area (Å²) in [7, 11) is 2.37. The molecule has 0 radical (unpaired) electrons. The van der Waals surface area contributed by atoms with Gasteiger partial charge in [-0.2, -0.15) is 13.2 Å². The summed E-state index contributed by atoms with van der Waals surface area (Å²) in [5.74, 6) is -3.22. The fourth-order valence-electron chi connectivity index (χ4n) is 9.16. The Morgan fingerprint density at radius 2 is 0.969 bits per heavy atom. The first-order chi connectivity index (χ1) is 30.7. The lowest BCUT2D eigenvalue weighted by Crippen LogP contribution is -2.59. The van der Waals surface area contributed by atoms with E-state index in [2.05, 4.69) is 10.6 Å². The minimum Gasteiger partial charge on any atom is -0.453 e. The van der Waals surface area contributed by atoms with Crippen molar-refractivity contribution < 1.29 is 51.4 Å². The molecule has 6 rings (SSSR count). The van der Waals surface area contributed by atoms with Crippen molar-refractivity contribution in [2.75, 3.05) is 27.3 Å². The van der Waals surface area contributed by atoms with Gasteiger partial charge in [-0.3, -0.25) is 19.2 Å². The molecule has 0 saturated carbocycles. The van der Waals surface area contributed by atoms with Gasteiger partial charge in [0, 0.05) is 18.8 Å². The van der Waals surface area contributed by atoms with Crippen LogP contribution in [0.3, 0.4) is 0 Å². The molecule has 3 aromatic carbocycles. The molecule has 0 aliphatic carbocycles. The number of hydrogen-bond donors (Lipinski definition) is 4. The van der Waals surface area contributed by atoms with Gasteiger partial charge in [-0.15, -0.1) is 0 Å². The van der Waals surface area contributed by atoms with E-state index in [4.69, 9.17) is 20.9 Å². The summed E-state index contributed by atoms with van der Waals surface area (Å²) in [5, 5.41) is 5.15. The zero-order valence-electron chi connectivity index (χ0n) is 37.0. The Balaban J connectivity index is 1.41. The minimum atomic E-state index is -4.58. The molecule has 65 heavy (non-hydrogen) atoms. The van der Waals surface area contributed by atoms with Crippen molar-refractivity contribution in [1.82, 2.24) is 25.0 Å². The lowest BCUT2D eigenvalue weighted by atomic mass is 9.85. The maximum Gasteiger partial charge on any atom is 0.416 e. The average molecular weight is 902 g/mol. The van der Waals surface area contributed by atoms with E-state index in [1.54, 1.807) is 92.9 Å². The van der Waals surface area contributed by atoms with Crippen molar-refractivity contribution in [2.45, 2.75) is 82.7 Å². The first kappa shape index (κ1) is 47.6. The van der Waals surface area contributed by atoms with Crippen LogP contribution in [-0.4, -0.2) is 89.6 Å². The third-order valence-electron chi connectivity index (χ3n) is 12.5. The zero-order chi connectivity index (χ0) is 47.6. The van der Waals surface area contributed by atoms with Gasteiger partial charge in [0.1, 0.15) is 23.2 Å². The summed E-state index contributed by atoms with van der Waals surface area (Å²) >= 11 is 0. The van der Waals surface area contributed by atoms with Gasteiger partial charge in [-0.05, 0) is 96.2 Å². The highest BCUT2D eigenvalue weighted by Crippen LogP contribution is 2.43. The Hall–Kier alpha value is -6.85. The maximum absolute atomic E-state index is 14.1. The van der Waals surface area contributed by atoms with Crippen molar-refractivity contribution in [3.05, 3.63) is 102 Å². The number of nitrogens with two attached hydrogens (primary N) is 2. The predicted molar refractivity (Wildman–Crippen MR) is 234 cm³/mol. The molecular weight excluding hydrogens is 848 g/mol. The summed E-state index contributed by atoms with van der Waals surface area (Å²) in [6.45, 7) is 7.42. The molecule has 2 saturated heterocycles. The number of nitrogens with zero attached hydrogens (tertiary/aromatic N) is 3. The Morgan fingerprint density at radius 3 is 1.28 bits per heavy atom. The molecule has 18 heteroatoms. The van der Waals surface area contributed by atoms with E-state index >= 15 is 0 Å². The molecule has 346 valence electrons. The predicted octanol–water partition coefficient (Wildman–Crippen LogP) is 6.20. The standard InChI is InChI=1S/C47H54F3N7O8/c1-27(2)37(53-43(62)64-5)39(58)55-25-7-23-45(55,41(51)60)31-13-9-29(10-14-31)35-21-22-36(57(35)34-19-17-33(18-20-34)47(48,49)50)30-11-15-32(16-12-30)46(42(52)61)24-8-26-56(46)40(59)38(28(3)4)54-44(63)65-6/h9-22,27-28,37-38H,7-8,23-26H2,1-6H3,(H2,51,60)(H2,52,61)(H,53,62)(H,54,63)/t37-,38-,45-,46-/m0/s1. The van der Waals surface area contributed by atoms with Crippen LogP contribution >= 0.6 is 0 Å².